The lowest BCUT2D eigenvalue weighted by Crippen LogP contribution is -2.53. The van der Waals surface area contributed by atoms with Crippen molar-refractivity contribution in [1.29, 1.82) is 0 Å². The molecule has 0 aromatic rings. The second-order valence-electron chi connectivity index (χ2n) is 4.28. The highest BCUT2D eigenvalue weighted by atomic mass is 32.2. The summed E-state index contributed by atoms with van der Waals surface area (Å²) in [7, 11) is -3.52. The van der Waals surface area contributed by atoms with Gasteiger partial charge in [0.15, 0.2) is 0 Å². The molecule has 16 heavy (non-hydrogen) atoms. The van der Waals surface area contributed by atoms with Crippen molar-refractivity contribution in [2.75, 3.05) is 19.7 Å². The van der Waals surface area contributed by atoms with Gasteiger partial charge in [0.25, 0.3) is 10.2 Å². The van der Waals surface area contributed by atoms with Crippen LogP contribution in [-0.2, 0) is 14.9 Å². The summed E-state index contributed by atoms with van der Waals surface area (Å²) in [4.78, 5) is 0. The Labute approximate surface area is 96.8 Å². The summed E-state index contributed by atoms with van der Waals surface area (Å²) in [6.45, 7) is 5.77. The number of ether oxygens (including phenoxy) is 1. The number of nitrogens with zero attached hydrogens (tertiary/aromatic N) is 1. The molecule has 0 radical (unpaired) electrons. The lowest BCUT2D eigenvalue weighted by atomic mass is 10.3. The molecule has 0 spiro atoms. The van der Waals surface area contributed by atoms with Gasteiger partial charge in [0.05, 0.1) is 18.8 Å². The molecule has 2 unspecified atom stereocenters. The number of hydrogen-bond acceptors (Lipinski definition) is 4. The summed E-state index contributed by atoms with van der Waals surface area (Å²) in [6, 6.07) is -0.474. The SMILES string of the molecule is CC1CN(S(=O)(=O)N[C@H](C)CO)CC(C)O1. The van der Waals surface area contributed by atoms with Crippen molar-refractivity contribution in [2.45, 2.75) is 39.0 Å². The summed E-state index contributed by atoms with van der Waals surface area (Å²) in [5.74, 6) is 0. The second kappa shape index (κ2) is 5.42. The van der Waals surface area contributed by atoms with Crippen LogP contribution in [0.2, 0.25) is 0 Å². The number of hydrogen-bond donors (Lipinski definition) is 2. The fourth-order valence-corrected chi connectivity index (χ4v) is 3.24. The van der Waals surface area contributed by atoms with Crippen LogP contribution in [0.4, 0.5) is 0 Å². The van der Waals surface area contributed by atoms with Gasteiger partial charge in [-0.05, 0) is 20.8 Å². The maximum absolute atomic E-state index is 11.9. The molecule has 2 N–H and O–H groups in total. The first-order valence-electron chi connectivity index (χ1n) is 5.39. The monoisotopic (exact) mass is 252 g/mol. The van der Waals surface area contributed by atoms with E-state index in [-0.39, 0.29) is 18.8 Å². The first-order valence-corrected chi connectivity index (χ1v) is 6.83. The predicted octanol–water partition coefficient (Wildman–Crippen LogP) is -0.689. The van der Waals surface area contributed by atoms with E-state index in [0.717, 1.165) is 0 Å². The minimum absolute atomic E-state index is 0.107. The zero-order valence-corrected chi connectivity index (χ0v) is 10.7. The molecule has 3 atom stereocenters. The van der Waals surface area contributed by atoms with Crippen LogP contribution >= 0.6 is 0 Å². The van der Waals surface area contributed by atoms with Crippen molar-refractivity contribution in [3.8, 4) is 0 Å². The van der Waals surface area contributed by atoms with E-state index in [9.17, 15) is 8.42 Å². The highest BCUT2D eigenvalue weighted by Crippen LogP contribution is 2.13. The lowest BCUT2D eigenvalue weighted by molar-refractivity contribution is -0.0444. The highest BCUT2D eigenvalue weighted by Gasteiger charge is 2.31. The van der Waals surface area contributed by atoms with Crippen LogP contribution < -0.4 is 4.72 Å². The minimum atomic E-state index is -3.52. The normalized spacial score (nSPS) is 30.2. The zero-order chi connectivity index (χ0) is 12.3. The first-order chi connectivity index (χ1) is 7.35. The molecule has 1 aliphatic rings. The van der Waals surface area contributed by atoms with Crippen LogP contribution in [0.3, 0.4) is 0 Å². The van der Waals surface area contributed by atoms with E-state index in [4.69, 9.17) is 9.84 Å². The Balaban J connectivity index is 2.67. The number of aliphatic hydroxyl groups excluding tert-OH is 1. The van der Waals surface area contributed by atoms with Crippen LogP contribution in [0.25, 0.3) is 0 Å². The average Bonchev–Trinajstić information content (AvgIpc) is 2.15. The lowest BCUT2D eigenvalue weighted by Gasteiger charge is -2.34. The highest BCUT2D eigenvalue weighted by molar-refractivity contribution is 7.87. The van der Waals surface area contributed by atoms with Gasteiger partial charge >= 0.3 is 0 Å². The van der Waals surface area contributed by atoms with Crippen molar-refractivity contribution in [3.63, 3.8) is 0 Å². The third-order valence-electron chi connectivity index (χ3n) is 2.35. The number of morpholine rings is 1. The van der Waals surface area contributed by atoms with Crippen LogP contribution in [0.5, 0.6) is 0 Å². The molecule has 0 saturated carbocycles. The van der Waals surface area contributed by atoms with Gasteiger partial charge in [0, 0.05) is 19.1 Å². The van der Waals surface area contributed by atoms with Crippen LogP contribution in [0.15, 0.2) is 0 Å². The van der Waals surface area contributed by atoms with Gasteiger partial charge in [-0.25, -0.2) is 0 Å². The molecule has 1 heterocycles. The van der Waals surface area contributed by atoms with E-state index in [1.54, 1.807) is 6.92 Å². The largest absolute Gasteiger partial charge is 0.395 e. The molecule has 0 bridgehead atoms. The average molecular weight is 252 g/mol. The van der Waals surface area contributed by atoms with Crippen molar-refractivity contribution in [2.24, 2.45) is 0 Å². The van der Waals surface area contributed by atoms with Gasteiger partial charge < -0.3 is 9.84 Å². The molecule has 0 aromatic heterocycles. The number of rotatable bonds is 4. The van der Waals surface area contributed by atoms with Crippen LogP contribution in [-0.4, -0.2) is 55.8 Å². The second-order valence-corrected chi connectivity index (χ2v) is 5.98. The maximum Gasteiger partial charge on any atom is 0.279 e. The Kier molecular flexibility index (Phi) is 4.69. The van der Waals surface area contributed by atoms with Gasteiger partial charge in [-0.2, -0.15) is 17.4 Å². The molecule has 6 nitrogen and oxygen atoms in total. The van der Waals surface area contributed by atoms with Crippen molar-refractivity contribution < 1.29 is 18.3 Å². The van der Waals surface area contributed by atoms with Gasteiger partial charge in [0.1, 0.15) is 0 Å². The fourth-order valence-electron chi connectivity index (χ4n) is 1.69. The summed E-state index contributed by atoms with van der Waals surface area (Å²) < 4.78 is 33.0. The van der Waals surface area contributed by atoms with E-state index < -0.39 is 16.3 Å². The van der Waals surface area contributed by atoms with E-state index in [1.165, 1.54) is 4.31 Å². The topological polar surface area (TPSA) is 78.9 Å². The van der Waals surface area contributed by atoms with Gasteiger partial charge in [-0.1, -0.05) is 0 Å². The van der Waals surface area contributed by atoms with E-state index in [1.807, 2.05) is 13.8 Å². The third kappa shape index (κ3) is 3.67. The first kappa shape index (κ1) is 13.9. The fraction of sp³-hybridized carbons (Fsp3) is 1.00. The zero-order valence-electron chi connectivity index (χ0n) is 9.88. The molecule has 0 amide bonds. The van der Waals surface area contributed by atoms with Gasteiger partial charge in [0.2, 0.25) is 0 Å². The molecular formula is C9H20N2O4S. The Morgan fingerprint density at radius 2 is 1.94 bits per heavy atom. The molecule has 1 aliphatic heterocycles. The molecule has 7 heteroatoms. The van der Waals surface area contributed by atoms with Crippen molar-refractivity contribution in [1.82, 2.24) is 9.03 Å². The van der Waals surface area contributed by atoms with Gasteiger partial charge in [-0.15, -0.1) is 0 Å². The van der Waals surface area contributed by atoms with Crippen molar-refractivity contribution >= 4 is 10.2 Å². The van der Waals surface area contributed by atoms with E-state index in [2.05, 4.69) is 4.72 Å². The molecule has 1 rings (SSSR count). The Hall–Kier alpha value is -0.210. The number of nitrogens with one attached hydrogen (secondary N) is 1. The smallest absolute Gasteiger partial charge is 0.279 e. The molecule has 0 aromatic carbocycles. The minimum Gasteiger partial charge on any atom is -0.395 e. The standard InChI is InChI=1S/C9H20N2O4S/c1-7(6-12)10-16(13,14)11-4-8(2)15-9(3)5-11/h7-10,12H,4-6H2,1-3H3/t7-,8?,9?/m1/s1. The van der Waals surface area contributed by atoms with E-state index in [0.29, 0.717) is 13.1 Å². The number of aliphatic hydroxyl groups is 1. The third-order valence-corrected chi connectivity index (χ3v) is 4.03. The Bertz CT molecular complexity index is 309. The Morgan fingerprint density at radius 3 is 2.38 bits per heavy atom. The van der Waals surface area contributed by atoms with Gasteiger partial charge in [-0.3, -0.25) is 0 Å². The van der Waals surface area contributed by atoms with Crippen LogP contribution in [0, 0.1) is 0 Å². The van der Waals surface area contributed by atoms with E-state index >= 15 is 0 Å². The molecule has 96 valence electrons. The summed E-state index contributed by atoms with van der Waals surface area (Å²) in [5, 5.41) is 8.83. The summed E-state index contributed by atoms with van der Waals surface area (Å²) in [6.07, 6.45) is -0.213. The van der Waals surface area contributed by atoms with Crippen molar-refractivity contribution in [3.05, 3.63) is 0 Å². The summed E-state index contributed by atoms with van der Waals surface area (Å²) >= 11 is 0. The summed E-state index contributed by atoms with van der Waals surface area (Å²) in [5.41, 5.74) is 0. The van der Waals surface area contributed by atoms with Crippen LogP contribution in [0.1, 0.15) is 20.8 Å². The Morgan fingerprint density at radius 1 is 1.44 bits per heavy atom. The quantitative estimate of drug-likeness (QED) is 0.694. The molecule has 0 aliphatic carbocycles. The maximum atomic E-state index is 11.9. The predicted molar refractivity (Wildman–Crippen MR) is 60.2 cm³/mol. The molecule has 1 saturated heterocycles. The molecule has 1 fully saturated rings. The molecular weight excluding hydrogens is 232 g/mol.